The van der Waals surface area contributed by atoms with Crippen LogP contribution in [0.25, 0.3) is 0 Å². The predicted octanol–water partition coefficient (Wildman–Crippen LogP) is 2.68. The zero-order valence-corrected chi connectivity index (χ0v) is 10.8. The molecule has 1 aliphatic heterocycles. The standard InChI is InChI=1S/C13H20ClNO/c1-13(2,9-14)12(16)15-7-10-5-3-4-6-11(10)8-15/h3-4,10-11H,5-9H2,1-2H3. The van der Waals surface area contributed by atoms with Crippen LogP contribution in [0.3, 0.4) is 0 Å². The van der Waals surface area contributed by atoms with E-state index in [0.717, 1.165) is 25.9 Å². The highest BCUT2D eigenvalue weighted by atomic mass is 35.5. The minimum absolute atomic E-state index is 0.219. The molecular weight excluding hydrogens is 222 g/mol. The van der Waals surface area contributed by atoms with Crippen molar-refractivity contribution in [1.29, 1.82) is 0 Å². The highest BCUT2D eigenvalue weighted by Gasteiger charge is 2.39. The van der Waals surface area contributed by atoms with Crippen LogP contribution < -0.4 is 0 Å². The van der Waals surface area contributed by atoms with Crippen molar-refractivity contribution in [3.05, 3.63) is 12.2 Å². The van der Waals surface area contributed by atoms with Crippen molar-refractivity contribution in [2.45, 2.75) is 26.7 Å². The Morgan fingerprint density at radius 2 is 1.81 bits per heavy atom. The Bertz CT molecular complexity index is 295. The number of carbonyl (C=O) groups excluding carboxylic acids is 1. The van der Waals surface area contributed by atoms with Gasteiger partial charge in [0.25, 0.3) is 0 Å². The number of carbonyl (C=O) groups is 1. The van der Waals surface area contributed by atoms with Gasteiger partial charge in [-0.3, -0.25) is 4.79 Å². The first kappa shape index (κ1) is 12.0. The molecule has 0 aromatic heterocycles. The van der Waals surface area contributed by atoms with Crippen LogP contribution in [0.1, 0.15) is 26.7 Å². The Balaban J connectivity index is 2.01. The molecule has 3 heteroatoms. The molecule has 0 aromatic rings. The average molecular weight is 242 g/mol. The lowest BCUT2D eigenvalue weighted by Crippen LogP contribution is -2.40. The van der Waals surface area contributed by atoms with E-state index in [2.05, 4.69) is 12.2 Å². The Kier molecular flexibility index (Phi) is 3.29. The summed E-state index contributed by atoms with van der Waals surface area (Å²) in [6, 6.07) is 0. The second-order valence-corrected chi connectivity index (χ2v) is 5.96. The fourth-order valence-corrected chi connectivity index (χ4v) is 2.78. The zero-order chi connectivity index (χ0) is 11.8. The van der Waals surface area contributed by atoms with Gasteiger partial charge in [-0.25, -0.2) is 0 Å². The first-order valence-corrected chi connectivity index (χ1v) is 6.58. The lowest BCUT2D eigenvalue weighted by molar-refractivity contribution is -0.138. The van der Waals surface area contributed by atoms with Crippen molar-refractivity contribution in [2.24, 2.45) is 17.3 Å². The third-order valence-corrected chi connectivity index (χ3v) is 4.49. The second-order valence-electron chi connectivity index (χ2n) is 5.69. The summed E-state index contributed by atoms with van der Waals surface area (Å²) in [7, 11) is 0. The van der Waals surface area contributed by atoms with Gasteiger partial charge in [-0.1, -0.05) is 12.2 Å². The van der Waals surface area contributed by atoms with Crippen LogP contribution in [-0.2, 0) is 4.79 Å². The van der Waals surface area contributed by atoms with E-state index in [1.165, 1.54) is 0 Å². The molecule has 1 saturated heterocycles. The molecule has 2 rings (SSSR count). The van der Waals surface area contributed by atoms with Crippen molar-refractivity contribution in [1.82, 2.24) is 4.90 Å². The lowest BCUT2D eigenvalue weighted by Gasteiger charge is -2.27. The Labute approximate surface area is 103 Å². The van der Waals surface area contributed by atoms with Crippen LogP contribution >= 0.6 is 11.6 Å². The lowest BCUT2D eigenvalue weighted by atomic mass is 9.86. The minimum Gasteiger partial charge on any atom is -0.342 e. The van der Waals surface area contributed by atoms with Gasteiger partial charge < -0.3 is 4.90 Å². The number of halogens is 1. The predicted molar refractivity (Wildman–Crippen MR) is 66.4 cm³/mol. The quantitative estimate of drug-likeness (QED) is 0.538. The Morgan fingerprint density at radius 1 is 1.31 bits per heavy atom. The summed E-state index contributed by atoms with van der Waals surface area (Å²) < 4.78 is 0. The molecule has 0 aromatic carbocycles. The van der Waals surface area contributed by atoms with Crippen LogP contribution in [0.15, 0.2) is 12.2 Å². The van der Waals surface area contributed by atoms with Crippen LogP contribution in [-0.4, -0.2) is 29.8 Å². The van der Waals surface area contributed by atoms with E-state index in [0.29, 0.717) is 17.7 Å². The molecule has 1 aliphatic carbocycles. The number of amides is 1. The van der Waals surface area contributed by atoms with Crippen molar-refractivity contribution < 1.29 is 4.79 Å². The monoisotopic (exact) mass is 241 g/mol. The largest absolute Gasteiger partial charge is 0.342 e. The third-order valence-electron chi connectivity index (χ3n) is 3.82. The normalized spacial score (nSPS) is 29.3. The number of hydrogen-bond donors (Lipinski definition) is 0. The van der Waals surface area contributed by atoms with Crippen molar-refractivity contribution in [2.75, 3.05) is 19.0 Å². The average Bonchev–Trinajstić information content (AvgIpc) is 2.71. The SMILES string of the molecule is CC(C)(CCl)C(=O)N1CC2CC=CCC2C1. The van der Waals surface area contributed by atoms with Gasteiger partial charge >= 0.3 is 0 Å². The van der Waals surface area contributed by atoms with Gasteiger partial charge in [-0.05, 0) is 38.5 Å². The van der Waals surface area contributed by atoms with Crippen LogP contribution in [0.5, 0.6) is 0 Å². The van der Waals surface area contributed by atoms with E-state index in [-0.39, 0.29) is 5.91 Å². The number of likely N-dealkylation sites (tertiary alicyclic amines) is 1. The molecule has 2 unspecified atom stereocenters. The number of rotatable bonds is 2. The van der Waals surface area contributed by atoms with E-state index in [1.54, 1.807) is 0 Å². The summed E-state index contributed by atoms with van der Waals surface area (Å²) in [4.78, 5) is 14.3. The molecule has 1 heterocycles. The first-order valence-electron chi connectivity index (χ1n) is 6.05. The van der Waals surface area contributed by atoms with Gasteiger partial charge in [0.2, 0.25) is 5.91 Å². The van der Waals surface area contributed by atoms with Gasteiger partial charge in [0, 0.05) is 19.0 Å². The van der Waals surface area contributed by atoms with Crippen LogP contribution in [0, 0.1) is 17.3 Å². The van der Waals surface area contributed by atoms with E-state index in [9.17, 15) is 4.79 Å². The van der Waals surface area contributed by atoms with Gasteiger partial charge in [0.05, 0.1) is 5.41 Å². The highest BCUT2D eigenvalue weighted by Crippen LogP contribution is 2.35. The van der Waals surface area contributed by atoms with Crippen LogP contribution in [0.4, 0.5) is 0 Å². The summed E-state index contributed by atoms with van der Waals surface area (Å²) in [6.07, 6.45) is 6.77. The minimum atomic E-state index is -0.414. The van der Waals surface area contributed by atoms with E-state index >= 15 is 0 Å². The summed E-state index contributed by atoms with van der Waals surface area (Å²) in [5.74, 6) is 1.98. The summed E-state index contributed by atoms with van der Waals surface area (Å²) >= 11 is 5.86. The number of fused-ring (bicyclic) bond motifs is 1. The summed E-state index contributed by atoms with van der Waals surface area (Å²) in [5.41, 5.74) is -0.414. The summed E-state index contributed by atoms with van der Waals surface area (Å²) in [5, 5.41) is 0. The first-order chi connectivity index (χ1) is 7.54. The number of nitrogens with zero attached hydrogens (tertiary/aromatic N) is 1. The molecule has 0 bridgehead atoms. The highest BCUT2D eigenvalue weighted by molar-refractivity contribution is 6.19. The van der Waals surface area contributed by atoms with E-state index in [4.69, 9.17) is 11.6 Å². The summed E-state index contributed by atoms with van der Waals surface area (Å²) in [6.45, 7) is 5.72. The molecule has 0 spiro atoms. The molecule has 0 N–H and O–H groups in total. The third kappa shape index (κ3) is 2.13. The molecule has 16 heavy (non-hydrogen) atoms. The van der Waals surface area contributed by atoms with Crippen molar-refractivity contribution >= 4 is 17.5 Å². The molecule has 1 amide bonds. The van der Waals surface area contributed by atoms with Crippen molar-refractivity contribution in [3.8, 4) is 0 Å². The molecule has 1 fully saturated rings. The molecular formula is C13H20ClNO. The van der Waals surface area contributed by atoms with Gasteiger partial charge in [0.1, 0.15) is 0 Å². The maximum Gasteiger partial charge on any atom is 0.229 e. The van der Waals surface area contributed by atoms with Crippen LogP contribution in [0.2, 0.25) is 0 Å². The fraction of sp³-hybridized carbons (Fsp3) is 0.769. The molecule has 2 aliphatic rings. The smallest absolute Gasteiger partial charge is 0.229 e. The topological polar surface area (TPSA) is 20.3 Å². The van der Waals surface area contributed by atoms with Gasteiger partial charge in [-0.15, -0.1) is 11.6 Å². The van der Waals surface area contributed by atoms with E-state index in [1.807, 2.05) is 18.7 Å². The number of hydrogen-bond acceptors (Lipinski definition) is 1. The molecule has 2 atom stereocenters. The maximum atomic E-state index is 12.3. The molecule has 0 saturated carbocycles. The van der Waals surface area contributed by atoms with Gasteiger partial charge in [0.15, 0.2) is 0 Å². The molecule has 90 valence electrons. The van der Waals surface area contributed by atoms with Crippen molar-refractivity contribution in [3.63, 3.8) is 0 Å². The Morgan fingerprint density at radius 3 is 2.25 bits per heavy atom. The fourth-order valence-electron chi connectivity index (χ4n) is 2.67. The molecule has 2 nitrogen and oxygen atoms in total. The second kappa shape index (κ2) is 4.40. The Hall–Kier alpha value is -0.500. The van der Waals surface area contributed by atoms with Gasteiger partial charge in [-0.2, -0.15) is 0 Å². The molecule has 0 radical (unpaired) electrons. The van der Waals surface area contributed by atoms with E-state index < -0.39 is 5.41 Å². The zero-order valence-electron chi connectivity index (χ0n) is 10.1. The maximum absolute atomic E-state index is 12.3. The number of alkyl halides is 1. The number of allylic oxidation sites excluding steroid dienone is 2.